The molecule has 4 rings (SSSR count). The summed E-state index contributed by atoms with van der Waals surface area (Å²) in [6.45, 7) is 4.86. The molecule has 0 bridgehead atoms. The van der Waals surface area contributed by atoms with Crippen molar-refractivity contribution in [3.63, 3.8) is 0 Å². The van der Waals surface area contributed by atoms with Gasteiger partial charge >= 0.3 is 12.4 Å². The van der Waals surface area contributed by atoms with E-state index in [0.717, 1.165) is 4.90 Å². The van der Waals surface area contributed by atoms with Gasteiger partial charge < -0.3 is 4.90 Å². The van der Waals surface area contributed by atoms with Gasteiger partial charge in [-0.15, -0.1) is 0 Å². The third kappa shape index (κ3) is 5.24. The molecular weight excluding hydrogens is 581 g/mol. The molecule has 2 aromatic heterocycles. The number of hydrogen-bond acceptors (Lipinski definition) is 3. The van der Waals surface area contributed by atoms with Crippen LogP contribution >= 0.6 is 23.2 Å². The number of nitrogens with zero attached hydrogens (tertiary/aromatic N) is 4. The van der Waals surface area contributed by atoms with Crippen LogP contribution in [0.5, 0.6) is 0 Å². The quantitative estimate of drug-likeness (QED) is 0.215. The molecule has 40 heavy (non-hydrogen) atoms. The van der Waals surface area contributed by atoms with Crippen molar-refractivity contribution >= 4 is 45.8 Å². The van der Waals surface area contributed by atoms with Crippen LogP contribution in [0.1, 0.15) is 37.5 Å². The summed E-state index contributed by atoms with van der Waals surface area (Å²) in [5, 5.41) is 5.24. The number of carbonyl (C=O) groups is 1. The van der Waals surface area contributed by atoms with Gasteiger partial charge in [0.1, 0.15) is 0 Å². The predicted molar refractivity (Wildman–Crippen MR) is 142 cm³/mol. The highest BCUT2D eigenvalue weighted by molar-refractivity contribution is 6.44. The first-order chi connectivity index (χ1) is 18.5. The number of rotatable bonds is 5. The fourth-order valence-electron chi connectivity index (χ4n) is 4.45. The van der Waals surface area contributed by atoms with Crippen LogP contribution in [0.15, 0.2) is 48.8 Å². The van der Waals surface area contributed by atoms with E-state index in [1.807, 2.05) is 6.92 Å². The highest BCUT2D eigenvalue weighted by atomic mass is 35.5. The van der Waals surface area contributed by atoms with E-state index in [9.17, 15) is 31.1 Å². The van der Waals surface area contributed by atoms with Gasteiger partial charge in [0.05, 0.1) is 44.7 Å². The number of carbonyl (C=O) groups excluding carboxylic acids is 1. The standard InChI is InChI=1S/C27H22Cl2F6N4O/c1-5-39-23-18(12-37-39)21(17-7-6-8-19(28)22(17)29)20(13-36-23)38(4)24(40)25(2,3)14-9-15(26(30,31)32)11-16(10-14)27(33,34)35/h6-13H,5H2,1-4H3. The Morgan fingerprint density at radius 1 is 0.950 bits per heavy atom. The van der Waals surface area contributed by atoms with Gasteiger partial charge in [-0.25, -0.2) is 9.67 Å². The molecule has 0 N–H and O–H groups in total. The summed E-state index contributed by atoms with van der Waals surface area (Å²) >= 11 is 12.8. The number of anilines is 1. The fraction of sp³-hybridized carbons (Fsp3) is 0.296. The molecule has 4 aromatic rings. The molecule has 0 aliphatic carbocycles. The second-order valence-corrected chi connectivity index (χ2v) is 10.4. The van der Waals surface area contributed by atoms with Crippen molar-refractivity contribution < 1.29 is 31.1 Å². The van der Waals surface area contributed by atoms with E-state index in [0.29, 0.717) is 40.8 Å². The molecule has 0 aliphatic heterocycles. The van der Waals surface area contributed by atoms with Gasteiger partial charge in [0.15, 0.2) is 5.65 Å². The average Bonchev–Trinajstić information content (AvgIpc) is 3.31. The molecule has 2 heterocycles. The molecule has 212 valence electrons. The van der Waals surface area contributed by atoms with E-state index in [1.54, 1.807) is 22.9 Å². The summed E-state index contributed by atoms with van der Waals surface area (Å²) in [5.41, 5.74) is -3.77. The summed E-state index contributed by atoms with van der Waals surface area (Å²) < 4.78 is 82.8. The third-order valence-electron chi connectivity index (χ3n) is 6.68. The van der Waals surface area contributed by atoms with Crippen molar-refractivity contribution in [3.8, 4) is 11.1 Å². The molecule has 0 aliphatic rings. The van der Waals surface area contributed by atoms with Gasteiger partial charge in [0.2, 0.25) is 5.91 Å². The number of alkyl halides is 6. The number of pyridine rings is 1. The van der Waals surface area contributed by atoms with E-state index in [1.165, 1.54) is 33.3 Å². The van der Waals surface area contributed by atoms with Gasteiger partial charge in [-0.2, -0.15) is 31.4 Å². The number of aryl methyl sites for hydroxylation is 1. The Morgan fingerprint density at radius 2 is 1.52 bits per heavy atom. The zero-order valence-corrected chi connectivity index (χ0v) is 23.1. The van der Waals surface area contributed by atoms with Crippen LogP contribution in [0.25, 0.3) is 22.2 Å². The highest BCUT2D eigenvalue weighted by Gasteiger charge is 2.41. The Labute approximate surface area is 235 Å². The van der Waals surface area contributed by atoms with Crippen LogP contribution < -0.4 is 4.90 Å². The summed E-state index contributed by atoms with van der Waals surface area (Å²) in [5.74, 6) is -0.789. The first kappa shape index (κ1) is 29.7. The Morgan fingerprint density at radius 3 is 2.08 bits per heavy atom. The second kappa shape index (κ2) is 10.3. The minimum Gasteiger partial charge on any atom is -0.313 e. The van der Waals surface area contributed by atoms with Gasteiger partial charge in [-0.3, -0.25) is 4.79 Å². The van der Waals surface area contributed by atoms with Crippen LogP contribution in [0, 0.1) is 0 Å². The van der Waals surface area contributed by atoms with E-state index >= 15 is 0 Å². The number of hydrogen-bond donors (Lipinski definition) is 0. The summed E-state index contributed by atoms with van der Waals surface area (Å²) in [6.07, 6.45) is -7.21. The SMILES string of the molecule is CCn1ncc2c(-c3cccc(Cl)c3Cl)c(N(C)C(=O)C(C)(C)c3cc(C(F)(F)F)cc(C(F)(F)F)c3)cnc21. The first-order valence-electron chi connectivity index (χ1n) is 11.9. The largest absolute Gasteiger partial charge is 0.416 e. The lowest BCUT2D eigenvalue weighted by Gasteiger charge is -2.32. The Hall–Kier alpha value is -3.31. The van der Waals surface area contributed by atoms with Crippen molar-refractivity contribution in [2.75, 3.05) is 11.9 Å². The smallest absolute Gasteiger partial charge is 0.313 e. The lowest BCUT2D eigenvalue weighted by Crippen LogP contribution is -2.42. The topological polar surface area (TPSA) is 51.0 Å². The number of halogens is 8. The maximum absolute atomic E-state index is 13.9. The van der Waals surface area contributed by atoms with Crippen LogP contribution in [0.2, 0.25) is 10.0 Å². The maximum atomic E-state index is 13.9. The van der Waals surface area contributed by atoms with Gasteiger partial charge in [-0.1, -0.05) is 35.3 Å². The molecule has 0 saturated heterocycles. The number of aromatic nitrogens is 3. The van der Waals surface area contributed by atoms with Crippen LogP contribution in [-0.2, 0) is 29.1 Å². The van der Waals surface area contributed by atoms with E-state index < -0.39 is 40.4 Å². The molecule has 2 aromatic carbocycles. The number of benzene rings is 2. The van der Waals surface area contributed by atoms with E-state index in [4.69, 9.17) is 23.2 Å². The minimum absolute atomic E-state index is 0.0241. The molecule has 0 unspecified atom stereocenters. The molecular formula is C27H22Cl2F6N4O. The molecule has 13 heteroatoms. The zero-order valence-electron chi connectivity index (χ0n) is 21.5. The Balaban J connectivity index is 1.91. The fourth-order valence-corrected chi connectivity index (χ4v) is 4.84. The maximum Gasteiger partial charge on any atom is 0.416 e. The lowest BCUT2D eigenvalue weighted by molar-refractivity contribution is -0.143. The molecule has 0 saturated carbocycles. The molecule has 5 nitrogen and oxygen atoms in total. The lowest BCUT2D eigenvalue weighted by atomic mass is 9.81. The first-order valence-corrected chi connectivity index (χ1v) is 12.6. The minimum atomic E-state index is -5.06. The van der Waals surface area contributed by atoms with Crippen molar-refractivity contribution in [3.05, 3.63) is 75.5 Å². The normalized spacial score (nSPS) is 12.7. The van der Waals surface area contributed by atoms with Crippen LogP contribution in [0.3, 0.4) is 0 Å². The van der Waals surface area contributed by atoms with E-state index in [2.05, 4.69) is 10.1 Å². The molecule has 1 amide bonds. The molecule has 0 spiro atoms. The average molecular weight is 603 g/mol. The summed E-state index contributed by atoms with van der Waals surface area (Å²) in [6, 6.07) is 6.03. The van der Waals surface area contributed by atoms with Gasteiger partial charge in [0, 0.05) is 30.1 Å². The molecule has 0 fully saturated rings. The molecule has 0 radical (unpaired) electrons. The van der Waals surface area contributed by atoms with Gasteiger partial charge in [-0.05, 0) is 50.6 Å². The predicted octanol–water partition coefficient (Wildman–Crippen LogP) is 8.40. The number of amides is 1. The summed E-state index contributed by atoms with van der Waals surface area (Å²) in [7, 11) is 1.36. The third-order valence-corrected chi connectivity index (χ3v) is 7.50. The number of fused-ring (bicyclic) bond motifs is 1. The van der Waals surface area contributed by atoms with Crippen molar-refractivity contribution in [2.45, 2.75) is 45.1 Å². The Kier molecular flexibility index (Phi) is 7.61. The van der Waals surface area contributed by atoms with Gasteiger partial charge in [0.25, 0.3) is 0 Å². The highest BCUT2D eigenvalue weighted by Crippen LogP contribution is 2.44. The Bertz CT molecular complexity index is 1580. The monoisotopic (exact) mass is 602 g/mol. The zero-order chi connectivity index (χ0) is 29.8. The molecule has 0 atom stereocenters. The number of likely N-dealkylation sites (N-methyl/N-ethyl adjacent to an activating group) is 1. The van der Waals surface area contributed by atoms with E-state index in [-0.39, 0.29) is 21.8 Å². The van der Waals surface area contributed by atoms with Crippen LogP contribution in [0.4, 0.5) is 32.0 Å². The van der Waals surface area contributed by atoms with Crippen LogP contribution in [-0.4, -0.2) is 27.7 Å². The second-order valence-electron chi connectivity index (χ2n) is 9.60. The van der Waals surface area contributed by atoms with Crippen molar-refractivity contribution in [2.24, 2.45) is 0 Å². The summed E-state index contributed by atoms with van der Waals surface area (Å²) in [4.78, 5) is 19.4. The van der Waals surface area contributed by atoms with Crippen molar-refractivity contribution in [1.29, 1.82) is 0 Å². The van der Waals surface area contributed by atoms with Crippen molar-refractivity contribution in [1.82, 2.24) is 14.8 Å².